The topological polar surface area (TPSA) is 93.5 Å². The average molecular weight is 616 g/mol. The van der Waals surface area contributed by atoms with Crippen LogP contribution < -0.4 is 15.6 Å². The van der Waals surface area contributed by atoms with E-state index >= 15 is 0 Å². The Bertz CT molecular complexity index is 1660. The number of aromatic nitrogens is 2. The van der Waals surface area contributed by atoms with Crippen LogP contribution in [0.5, 0.6) is 11.5 Å². The van der Waals surface area contributed by atoms with Gasteiger partial charge in [0.2, 0.25) is 0 Å². The van der Waals surface area contributed by atoms with Gasteiger partial charge in [-0.05, 0) is 48.9 Å². The van der Waals surface area contributed by atoms with E-state index in [4.69, 9.17) is 27.9 Å². The minimum Gasteiger partial charge on any atom is -0.457 e. The maximum absolute atomic E-state index is 12.9. The number of carbonyl (C=O) groups is 2. The van der Waals surface area contributed by atoms with Crippen molar-refractivity contribution in [2.24, 2.45) is 0 Å². The summed E-state index contributed by atoms with van der Waals surface area (Å²) in [5.74, 6) is 0.139. The standard InChI is InChI=1S/C27H21BrCl2N4O4/c1-33(14-15-4-5-16(28)11-23(15)38-18-7-8-20(29)21(30)13-18)27(37)25(35)31-17-6-9-22-19(12-17)26(36)34-10-2-3-24(34)32-22/h4-9,11-13H,2-3,10,14H2,1H3,(H,31,35). The first-order chi connectivity index (χ1) is 18.2. The highest BCUT2D eigenvalue weighted by molar-refractivity contribution is 9.10. The van der Waals surface area contributed by atoms with Crippen LogP contribution in [0.3, 0.4) is 0 Å². The lowest BCUT2D eigenvalue weighted by Gasteiger charge is -2.19. The number of hydrogen-bond donors (Lipinski definition) is 1. The molecule has 0 unspecified atom stereocenters. The summed E-state index contributed by atoms with van der Waals surface area (Å²) < 4.78 is 8.43. The van der Waals surface area contributed by atoms with Gasteiger partial charge in [-0.25, -0.2) is 4.98 Å². The van der Waals surface area contributed by atoms with Crippen LogP contribution in [0.4, 0.5) is 5.69 Å². The molecule has 38 heavy (non-hydrogen) atoms. The third kappa shape index (κ3) is 5.41. The number of aryl methyl sites for hydroxylation is 1. The maximum atomic E-state index is 12.9. The number of halogens is 3. The Kier molecular flexibility index (Phi) is 7.43. The molecule has 8 nitrogen and oxygen atoms in total. The highest BCUT2D eigenvalue weighted by Gasteiger charge is 2.22. The van der Waals surface area contributed by atoms with Crippen LogP contribution in [0.25, 0.3) is 10.9 Å². The third-order valence-electron chi connectivity index (χ3n) is 6.17. The molecule has 0 radical (unpaired) electrons. The number of likely N-dealkylation sites (N-methyl/N-ethyl adjacent to an activating group) is 1. The second kappa shape index (κ2) is 10.8. The van der Waals surface area contributed by atoms with Crippen molar-refractivity contribution in [1.82, 2.24) is 14.5 Å². The van der Waals surface area contributed by atoms with Gasteiger partial charge in [0.1, 0.15) is 17.3 Å². The van der Waals surface area contributed by atoms with Gasteiger partial charge < -0.3 is 15.0 Å². The zero-order valence-electron chi connectivity index (χ0n) is 20.1. The van der Waals surface area contributed by atoms with Crippen LogP contribution in [0.2, 0.25) is 10.0 Å². The summed E-state index contributed by atoms with van der Waals surface area (Å²) in [4.78, 5) is 44.4. The molecule has 1 N–H and O–H groups in total. The van der Waals surface area contributed by atoms with Crippen molar-refractivity contribution in [3.05, 3.63) is 90.9 Å². The van der Waals surface area contributed by atoms with Crippen LogP contribution in [0.1, 0.15) is 17.8 Å². The van der Waals surface area contributed by atoms with Crippen LogP contribution in [0.15, 0.2) is 63.9 Å². The fourth-order valence-electron chi connectivity index (χ4n) is 4.27. The molecule has 2 heterocycles. The van der Waals surface area contributed by atoms with Gasteiger partial charge in [0.15, 0.2) is 0 Å². The molecule has 1 aliphatic rings. The number of rotatable bonds is 5. The van der Waals surface area contributed by atoms with E-state index in [1.165, 1.54) is 11.9 Å². The molecule has 1 aromatic heterocycles. The van der Waals surface area contributed by atoms with E-state index in [1.807, 2.05) is 6.07 Å². The predicted molar refractivity (Wildman–Crippen MR) is 150 cm³/mol. The van der Waals surface area contributed by atoms with Gasteiger partial charge in [-0.15, -0.1) is 0 Å². The maximum Gasteiger partial charge on any atom is 0.313 e. The van der Waals surface area contributed by atoms with Gasteiger partial charge >= 0.3 is 11.8 Å². The van der Waals surface area contributed by atoms with Crippen LogP contribution in [0, 0.1) is 0 Å². The van der Waals surface area contributed by atoms with Gasteiger partial charge in [-0.1, -0.05) is 45.2 Å². The lowest BCUT2D eigenvalue weighted by Crippen LogP contribution is -2.36. The summed E-state index contributed by atoms with van der Waals surface area (Å²) in [5.41, 5.74) is 1.43. The van der Waals surface area contributed by atoms with Crippen LogP contribution in [-0.4, -0.2) is 33.3 Å². The van der Waals surface area contributed by atoms with E-state index in [9.17, 15) is 14.4 Å². The molecular weight excluding hydrogens is 595 g/mol. The Morgan fingerprint density at radius 3 is 2.71 bits per heavy atom. The first-order valence-corrected chi connectivity index (χ1v) is 13.3. The highest BCUT2D eigenvalue weighted by atomic mass is 79.9. The molecule has 0 saturated heterocycles. The third-order valence-corrected chi connectivity index (χ3v) is 7.40. The van der Waals surface area contributed by atoms with E-state index in [0.717, 1.165) is 23.1 Å². The number of carbonyl (C=O) groups excluding carboxylic acids is 2. The van der Waals surface area contributed by atoms with E-state index in [0.29, 0.717) is 50.2 Å². The van der Waals surface area contributed by atoms with Crippen molar-refractivity contribution >= 4 is 67.5 Å². The smallest absolute Gasteiger partial charge is 0.313 e. The molecule has 3 aromatic carbocycles. The molecule has 194 valence electrons. The number of ether oxygens (including phenoxy) is 1. The average Bonchev–Trinajstić information content (AvgIpc) is 3.37. The minimum absolute atomic E-state index is 0.102. The lowest BCUT2D eigenvalue weighted by molar-refractivity contribution is -0.142. The van der Waals surface area contributed by atoms with E-state index in [-0.39, 0.29) is 12.1 Å². The van der Waals surface area contributed by atoms with E-state index in [2.05, 4.69) is 26.2 Å². The van der Waals surface area contributed by atoms with Gasteiger partial charge in [0, 0.05) is 48.3 Å². The van der Waals surface area contributed by atoms with Gasteiger partial charge in [-0.2, -0.15) is 0 Å². The number of fused-ring (bicyclic) bond motifs is 2. The van der Waals surface area contributed by atoms with Crippen LogP contribution >= 0.6 is 39.1 Å². The summed E-state index contributed by atoms with van der Waals surface area (Å²) in [7, 11) is 1.52. The molecule has 0 bridgehead atoms. The number of benzene rings is 3. The normalized spacial score (nSPS) is 12.3. The number of anilines is 1. The zero-order valence-corrected chi connectivity index (χ0v) is 23.2. The Labute approximate surface area is 236 Å². The number of nitrogens with zero attached hydrogens (tertiary/aromatic N) is 3. The molecule has 1 aliphatic heterocycles. The first kappa shape index (κ1) is 26.2. The molecule has 0 fully saturated rings. The molecule has 5 rings (SSSR count). The van der Waals surface area contributed by atoms with Crippen molar-refractivity contribution in [1.29, 1.82) is 0 Å². The SMILES string of the molecule is CN(Cc1ccc(Br)cc1Oc1ccc(Cl)c(Cl)c1)C(=O)C(=O)Nc1ccc2nc3n(c(=O)c2c1)CCC3. The predicted octanol–water partition coefficient (Wildman–Crippen LogP) is 5.80. The summed E-state index contributed by atoms with van der Waals surface area (Å²) in [6, 6.07) is 15.1. The van der Waals surface area contributed by atoms with Crippen LogP contribution in [-0.2, 0) is 29.1 Å². The van der Waals surface area contributed by atoms with Crippen molar-refractivity contribution in [3.8, 4) is 11.5 Å². The summed E-state index contributed by atoms with van der Waals surface area (Å²) >= 11 is 15.5. The quantitative estimate of drug-likeness (QED) is 0.286. The Hall–Kier alpha value is -3.40. The molecule has 0 aliphatic carbocycles. The van der Waals surface area contributed by atoms with E-state index in [1.54, 1.807) is 53.1 Å². The first-order valence-electron chi connectivity index (χ1n) is 11.7. The molecular formula is C27H21BrCl2N4O4. The lowest BCUT2D eigenvalue weighted by atomic mass is 10.2. The second-order valence-electron chi connectivity index (χ2n) is 8.87. The van der Waals surface area contributed by atoms with Crippen molar-refractivity contribution in [3.63, 3.8) is 0 Å². The fourth-order valence-corrected chi connectivity index (χ4v) is 4.90. The molecule has 0 spiro atoms. The van der Waals surface area contributed by atoms with Crippen molar-refractivity contribution in [2.75, 3.05) is 12.4 Å². The molecule has 4 aromatic rings. The Morgan fingerprint density at radius 1 is 1.11 bits per heavy atom. The number of amides is 2. The summed E-state index contributed by atoms with van der Waals surface area (Å²) in [6.45, 7) is 0.731. The minimum atomic E-state index is -0.829. The van der Waals surface area contributed by atoms with E-state index < -0.39 is 11.8 Å². The molecule has 11 heteroatoms. The highest BCUT2D eigenvalue weighted by Crippen LogP contribution is 2.33. The fraction of sp³-hybridized carbons (Fsp3) is 0.185. The summed E-state index contributed by atoms with van der Waals surface area (Å²) in [5, 5.41) is 3.75. The zero-order chi connectivity index (χ0) is 27.0. The Balaban J connectivity index is 1.31. The number of hydrogen-bond acceptors (Lipinski definition) is 5. The van der Waals surface area contributed by atoms with Crippen molar-refractivity contribution < 1.29 is 14.3 Å². The van der Waals surface area contributed by atoms with Gasteiger partial charge in [0.05, 0.1) is 20.9 Å². The molecule has 0 saturated carbocycles. The van der Waals surface area contributed by atoms with Gasteiger partial charge in [0.25, 0.3) is 5.56 Å². The van der Waals surface area contributed by atoms with Crippen molar-refractivity contribution in [2.45, 2.75) is 25.9 Å². The second-order valence-corrected chi connectivity index (χ2v) is 10.6. The largest absolute Gasteiger partial charge is 0.457 e. The Morgan fingerprint density at radius 2 is 1.92 bits per heavy atom. The summed E-state index contributed by atoms with van der Waals surface area (Å²) in [6.07, 6.45) is 1.64. The monoisotopic (exact) mass is 614 g/mol. The number of nitrogens with one attached hydrogen (secondary N) is 1. The molecule has 0 atom stereocenters. The molecule has 2 amide bonds. The van der Waals surface area contributed by atoms with Gasteiger partial charge in [-0.3, -0.25) is 19.0 Å².